The van der Waals surface area contributed by atoms with Gasteiger partial charge in [-0.2, -0.15) is 5.10 Å². The number of benzene rings is 1. The number of H-pyrrole nitrogens is 1. The lowest BCUT2D eigenvalue weighted by Crippen LogP contribution is -2.18. The van der Waals surface area contributed by atoms with Gasteiger partial charge in [-0.1, -0.05) is 6.07 Å². The molecule has 3 rings (SSSR count). The van der Waals surface area contributed by atoms with Gasteiger partial charge in [0.1, 0.15) is 4.90 Å². The first-order valence-corrected chi connectivity index (χ1v) is 8.85. The first kappa shape index (κ1) is 14.9. The maximum Gasteiger partial charge on any atom is 0.265 e. The van der Waals surface area contributed by atoms with Crippen LogP contribution in [0.3, 0.4) is 0 Å². The molecule has 0 bridgehead atoms. The van der Waals surface area contributed by atoms with Gasteiger partial charge < -0.3 is 4.90 Å². The summed E-state index contributed by atoms with van der Waals surface area (Å²) in [4.78, 5) is 2.49. The average molecular weight is 320 g/mol. The zero-order valence-electron chi connectivity index (χ0n) is 12.8. The number of sulfonamides is 1. The van der Waals surface area contributed by atoms with Gasteiger partial charge in [-0.15, -0.1) is 0 Å². The number of hydrogen-bond donors (Lipinski definition) is 2. The van der Waals surface area contributed by atoms with E-state index in [1.165, 1.54) is 12.8 Å². The van der Waals surface area contributed by atoms with Gasteiger partial charge in [0.05, 0.1) is 17.1 Å². The normalized spacial score (nSPS) is 15.3. The third kappa shape index (κ3) is 2.81. The Balaban J connectivity index is 1.88. The Kier molecular flexibility index (Phi) is 3.82. The second-order valence-electron chi connectivity index (χ2n) is 5.61. The second-order valence-corrected chi connectivity index (χ2v) is 7.23. The first-order chi connectivity index (χ1) is 10.5. The lowest BCUT2D eigenvalue weighted by molar-refractivity contribution is 0.600. The van der Waals surface area contributed by atoms with Crippen molar-refractivity contribution in [2.45, 2.75) is 31.6 Å². The van der Waals surface area contributed by atoms with Crippen molar-refractivity contribution in [3.63, 3.8) is 0 Å². The highest BCUT2D eigenvalue weighted by atomic mass is 32.2. The predicted molar refractivity (Wildman–Crippen MR) is 86.8 cm³/mol. The Hall–Kier alpha value is -2.02. The van der Waals surface area contributed by atoms with Gasteiger partial charge in [-0.05, 0) is 44.9 Å². The minimum absolute atomic E-state index is 0.221. The number of rotatable bonds is 4. The van der Waals surface area contributed by atoms with E-state index >= 15 is 0 Å². The number of anilines is 2. The van der Waals surface area contributed by atoms with Gasteiger partial charge in [-0.25, -0.2) is 8.42 Å². The molecular formula is C15H20N4O2S. The number of nitrogens with one attached hydrogen (secondary N) is 2. The van der Waals surface area contributed by atoms with Crippen molar-refractivity contribution >= 4 is 21.4 Å². The molecule has 0 spiro atoms. The maximum atomic E-state index is 12.6. The van der Waals surface area contributed by atoms with Crippen LogP contribution in [0.2, 0.25) is 0 Å². The summed E-state index contributed by atoms with van der Waals surface area (Å²) in [6, 6.07) is 7.54. The molecule has 118 valence electrons. The summed E-state index contributed by atoms with van der Waals surface area (Å²) in [5.41, 5.74) is 2.64. The number of aryl methyl sites for hydroxylation is 2. The van der Waals surface area contributed by atoms with Crippen molar-refractivity contribution in [1.29, 1.82) is 0 Å². The van der Waals surface area contributed by atoms with Crippen LogP contribution in [0.15, 0.2) is 29.2 Å². The van der Waals surface area contributed by atoms with Gasteiger partial charge in [0, 0.05) is 18.8 Å². The minimum atomic E-state index is -3.63. The summed E-state index contributed by atoms with van der Waals surface area (Å²) in [7, 11) is -3.63. The Morgan fingerprint density at radius 1 is 1.23 bits per heavy atom. The summed E-state index contributed by atoms with van der Waals surface area (Å²) >= 11 is 0. The van der Waals surface area contributed by atoms with Crippen LogP contribution in [0.4, 0.5) is 11.4 Å². The topological polar surface area (TPSA) is 78.1 Å². The summed E-state index contributed by atoms with van der Waals surface area (Å²) in [5.74, 6) is 0. The van der Waals surface area contributed by atoms with Gasteiger partial charge in [0.25, 0.3) is 10.0 Å². The van der Waals surface area contributed by atoms with E-state index in [4.69, 9.17) is 0 Å². The van der Waals surface area contributed by atoms with Crippen molar-refractivity contribution in [3.05, 3.63) is 35.7 Å². The Morgan fingerprint density at radius 2 is 1.95 bits per heavy atom. The number of nitrogens with zero attached hydrogens (tertiary/aromatic N) is 2. The average Bonchev–Trinajstić information content (AvgIpc) is 3.09. The van der Waals surface area contributed by atoms with E-state index in [1.54, 1.807) is 19.9 Å². The molecule has 2 aromatic rings. The molecule has 7 heteroatoms. The predicted octanol–water partition coefficient (Wildman–Crippen LogP) is 2.43. The summed E-state index contributed by atoms with van der Waals surface area (Å²) in [6.45, 7) is 5.43. The van der Waals surface area contributed by atoms with Crippen LogP contribution in [0.25, 0.3) is 0 Å². The second kappa shape index (κ2) is 5.64. The fraction of sp³-hybridized carbons (Fsp3) is 0.400. The maximum absolute atomic E-state index is 12.6. The van der Waals surface area contributed by atoms with Gasteiger partial charge in [0.15, 0.2) is 0 Å². The molecule has 0 saturated carbocycles. The molecule has 1 aliphatic rings. The van der Waals surface area contributed by atoms with Crippen molar-refractivity contribution < 1.29 is 8.42 Å². The van der Waals surface area contributed by atoms with E-state index in [0.29, 0.717) is 17.1 Å². The Bertz CT molecular complexity index is 757. The largest absolute Gasteiger partial charge is 0.371 e. The molecule has 6 nitrogen and oxygen atoms in total. The molecule has 2 N–H and O–H groups in total. The first-order valence-electron chi connectivity index (χ1n) is 7.37. The molecule has 1 aromatic heterocycles. The standard InChI is InChI=1S/C15H20N4O2S/c1-11-15(12(2)17-16-11)22(20,21)18-13-6-5-7-14(10-13)19-8-3-4-9-19/h5-7,10,18H,3-4,8-9H2,1-2H3,(H,16,17). The molecule has 1 saturated heterocycles. The van der Waals surface area contributed by atoms with Gasteiger partial charge in [-0.3, -0.25) is 9.82 Å². The molecule has 2 heterocycles. The molecule has 0 aliphatic carbocycles. The Morgan fingerprint density at radius 3 is 2.59 bits per heavy atom. The minimum Gasteiger partial charge on any atom is -0.371 e. The fourth-order valence-corrected chi connectivity index (χ4v) is 4.31. The van der Waals surface area contributed by atoms with Crippen molar-refractivity contribution in [3.8, 4) is 0 Å². The Labute approximate surface area is 130 Å². The molecule has 0 atom stereocenters. The molecule has 1 aliphatic heterocycles. The highest BCUT2D eigenvalue weighted by Gasteiger charge is 2.22. The highest BCUT2D eigenvalue weighted by molar-refractivity contribution is 7.92. The molecule has 22 heavy (non-hydrogen) atoms. The third-order valence-corrected chi connectivity index (χ3v) is 5.54. The van der Waals surface area contributed by atoms with Gasteiger partial charge >= 0.3 is 0 Å². The van der Waals surface area contributed by atoms with E-state index in [9.17, 15) is 8.42 Å². The molecule has 1 fully saturated rings. The van der Waals surface area contributed by atoms with Crippen LogP contribution in [-0.2, 0) is 10.0 Å². The van der Waals surface area contributed by atoms with Crippen molar-refractivity contribution in [2.75, 3.05) is 22.7 Å². The summed E-state index contributed by atoms with van der Waals surface area (Å²) < 4.78 is 27.8. The van der Waals surface area contributed by atoms with Crippen LogP contribution in [0.5, 0.6) is 0 Å². The van der Waals surface area contributed by atoms with E-state index in [2.05, 4.69) is 19.8 Å². The zero-order chi connectivity index (χ0) is 15.7. The van der Waals surface area contributed by atoms with Crippen molar-refractivity contribution in [2.24, 2.45) is 0 Å². The number of hydrogen-bond acceptors (Lipinski definition) is 4. The smallest absolute Gasteiger partial charge is 0.265 e. The van der Waals surface area contributed by atoms with E-state index in [1.807, 2.05) is 18.2 Å². The molecule has 0 amide bonds. The van der Waals surface area contributed by atoms with Crippen molar-refractivity contribution in [1.82, 2.24) is 10.2 Å². The van der Waals surface area contributed by atoms with Crippen LogP contribution < -0.4 is 9.62 Å². The fourth-order valence-electron chi connectivity index (χ4n) is 2.88. The molecule has 0 radical (unpaired) electrons. The molecule has 0 unspecified atom stereocenters. The van der Waals surface area contributed by atoms with Crippen LogP contribution >= 0.6 is 0 Å². The summed E-state index contributed by atoms with van der Waals surface area (Å²) in [6.07, 6.45) is 2.37. The van der Waals surface area contributed by atoms with E-state index in [0.717, 1.165) is 18.8 Å². The van der Waals surface area contributed by atoms with Crippen LogP contribution in [0.1, 0.15) is 24.2 Å². The van der Waals surface area contributed by atoms with Crippen LogP contribution in [-0.4, -0.2) is 31.7 Å². The van der Waals surface area contributed by atoms with Gasteiger partial charge in [0.2, 0.25) is 0 Å². The quantitative estimate of drug-likeness (QED) is 0.907. The summed E-state index contributed by atoms with van der Waals surface area (Å²) in [5, 5.41) is 6.66. The van der Waals surface area contributed by atoms with E-state index < -0.39 is 10.0 Å². The SMILES string of the molecule is Cc1n[nH]c(C)c1S(=O)(=O)Nc1cccc(N2CCCC2)c1. The lowest BCUT2D eigenvalue weighted by atomic mass is 10.2. The van der Waals surface area contributed by atoms with Crippen LogP contribution in [0, 0.1) is 13.8 Å². The molecular weight excluding hydrogens is 300 g/mol. The zero-order valence-corrected chi connectivity index (χ0v) is 13.6. The molecule has 1 aromatic carbocycles. The monoisotopic (exact) mass is 320 g/mol. The lowest BCUT2D eigenvalue weighted by Gasteiger charge is -2.18. The van der Waals surface area contributed by atoms with E-state index in [-0.39, 0.29) is 4.90 Å². The third-order valence-electron chi connectivity index (χ3n) is 3.90. The highest BCUT2D eigenvalue weighted by Crippen LogP contribution is 2.26. The number of aromatic nitrogens is 2. The number of aromatic amines is 1.